The van der Waals surface area contributed by atoms with Gasteiger partial charge in [-0.15, -0.1) is 0 Å². The van der Waals surface area contributed by atoms with Gasteiger partial charge in [0.25, 0.3) is 0 Å². The average molecular weight is 291 g/mol. The summed E-state index contributed by atoms with van der Waals surface area (Å²) in [5.41, 5.74) is -0.323. The highest BCUT2D eigenvalue weighted by Crippen LogP contribution is 2.30. The first-order valence-electron chi connectivity index (χ1n) is 5.17. The Morgan fingerprint density at radius 1 is 0.842 bits per heavy atom. The van der Waals surface area contributed by atoms with E-state index >= 15 is 0 Å². The fourth-order valence-electron chi connectivity index (χ4n) is 1.66. The molecule has 2 aromatic rings. The molecule has 1 atom stereocenters. The van der Waals surface area contributed by atoms with Gasteiger partial charge < -0.3 is 5.11 Å². The van der Waals surface area contributed by atoms with E-state index in [1.54, 1.807) is 0 Å². The van der Waals surface area contributed by atoms with Crippen LogP contribution in [-0.4, -0.2) is 5.11 Å². The van der Waals surface area contributed by atoms with Crippen LogP contribution in [0.15, 0.2) is 30.3 Å². The van der Waals surface area contributed by atoms with Crippen molar-refractivity contribution in [3.05, 3.63) is 69.8 Å². The molecule has 1 N–H and O–H groups in total. The Labute approximate surface area is 111 Å². The molecule has 0 fully saturated rings. The van der Waals surface area contributed by atoms with Gasteiger partial charge >= 0.3 is 0 Å². The molecule has 0 aliphatic carbocycles. The van der Waals surface area contributed by atoms with E-state index in [4.69, 9.17) is 11.6 Å². The summed E-state index contributed by atoms with van der Waals surface area (Å²) in [6.45, 7) is 0. The summed E-state index contributed by atoms with van der Waals surface area (Å²) in [4.78, 5) is 0. The quantitative estimate of drug-likeness (QED) is 0.655. The van der Waals surface area contributed by atoms with Crippen LogP contribution in [0.5, 0.6) is 0 Å². The fraction of sp³-hybridized carbons (Fsp3) is 0.0769. The number of aliphatic hydroxyl groups is 1. The molecule has 19 heavy (non-hydrogen) atoms. The van der Waals surface area contributed by atoms with Crippen LogP contribution >= 0.6 is 11.6 Å². The highest BCUT2D eigenvalue weighted by atomic mass is 35.5. The molecule has 0 amide bonds. The number of halogens is 5. The van der Waals surface area contributed by atoms with Crippen LogP contribution in [0.25, 0.3) is 0 Å². The van der Waals surface area contributed by atoms with E-state index in [0.29, 0.717) is 18.2 Å². The molecular formula is C13H7ClF4O. The van der Waals surface area contributed by atoms with Gasteiger partial charge in [0.1, 0.15) is 17.7 Å². The summed E-state index contributed by atoms with van der Waals surface area (Å²) < 4.78 is 52.1. The summed E-state index contributed by atoms with van der Waals surface area (Å²) >= 11 is 5.67. The topological polar surface area (TPSA) is 20.2 Å². The molecule has 0 aromatic heterocycles. The van der Waals surface area contributed by atoms with Crippen molar-refractivity contribution in [2.75, 3.05) is 0 Å². The lowest BCUT2D eigenvalue weighted by Gasteiger charge is -2.14. The van der Waals surface area contributed by atoms with Crippen molar-refractivity contribution < 1.29 is 22.7 Å². The number of aliphatic hydroxyl groups excluding tert-OH is 1. The minimum atomic E-state index is -1.56. The van der Waals surface area contributed by atoms with Crippen LogP contribution in [-0.2, 0) is 0 Å². The Morgan fingerprint density at radius 3 is 1.95 bits per heavy atom. The van der Waals surface area contributed by atoms with Gasteiger partial charge in [-0.25, -0.2) is 17.6 Å². The maximum Gasteiger partial charge on any atom is 0.160 e. The van der Waals surface area contributed by atoms with Crippen LogP contribution < -0.4 is 0 Å². The Balaban J connectivity index is 2.49. The van der Waals surface area contributed by atoms with Gasteiger partial charge in [-0.2, -0.15) is 0 Å². The first-order chi connectivity index (χ1) is 8.88. The maximum absolute atomic E-state index is 13.1. The predicted octanol–water partition coefficient (Wildman–Crippen LogP) is 3.98. The van der Waals surface area contributed by atoms with Gasteiger partial charge in [0.2, 0.25) is 0 Å². The summed E-state index contributed by atoms with van der Waals surface area (Å²) in [6.07, 6.45) is -1.56. The zero-order chi connectivity index (χ0) is 14.2. The third kappa shape index (κ3) is 2.88. The van der Waals surface area contributed by atoms with Crippen molar-refractivity contribution in [1.82, 2.24) is 0 Å². The Hall–Kier alpha value is -1.59. The molecule has 0 aliphatic heterocycles. The van der Waals surface area contributed by atoms with E-state index in [1.807, 2.05) is 0 Å². The van der Waals surface area contributed by atoms with E-state index in [1.165, 1.54) is 0 Å². The molecule has 0 spiro atoms. The maximum atomic E-state index is 13.1. The SMILES string of the molecule is OC(c1cc(F)cc(F)c1)c1cc(F)c(F)cc1Cl. The zero-order valence-corrected chi connectivity index (χ0v) is 10.1. The van der Waals surface area contributed by atoms with Crippen molar-refractivity contribution in [1.29, 1.82) is 0 Å². The summed E-state index contributed by atoms with van der Waals surface area (Å²) in [5.74, 6) is -4.18. The van der Waals surface area contributed by atoms with E-state index in [-0.39, 0.29) is 16.1 Å². The van der Waals surface area contributed by atoms with Crippen molar-refractivity contribution in [2.24, 2.45) is 0 Å². The Morgan fingerprint density at radius 2 is 1.37 bits per heavy atom. The largest absolute Gasteiger partial charge is 0.384 e. The standard InChI is InChI=1S/C13H7ClF4O/c14-10-5-12(18)11(17)4-9(10)13(19)6-1-7(15)3-8(16)2-6/h1-5,13,19H. The van der Waals surface area contributed by atoms with Crippen LogP contribution in [0.4, 0.5) is 17.6 Å². The molecule has 0 aliphatic rings. The van der Waals surface area contributed by atoms with Crippen LogP contribution in [0.2, 0.25) is 5.02 Å². The molecule has 0 saturated carbocycles. The van der Waals surface area contributed by atoms with E-state index in [0.717, 1.165) is 12.1 Å². The summed E-state index contributed by atoms with van der Waals surface area (Å²) in [7, 11) is 0. The van der Waals surface area contributed by atoms with Gasteiger partial charge in [0.05, 0.1) is 0 Å². The van der Waals surface area contributed by atoms with Crippen molar-refractivity contribution in [3.63, 3.8) is 0 Å². The molecule has 1 unspecified atom stereocenters. The van der Waals surface area contributed by atoms with E-state index in [2.05, 4.69) is 0 Å². The molecule has 2 aromatic carbocycles. The smallest absolute Gasteiger partial charge is 0.160 e. The second-order valence-electron chi connectivity index (χ2n) is 3.89. The minimum absolute atomic E-state index is 0.148. The number of rotatable bonds is 2. The average Bonchev–Trinajstić information content (AvgIpc) is 2.31. The monoisotopic (exact) mass is 290 g/mol. The van der Waals surface area contributed by atoms with Crippen LogP contribution in [0.1, 0.15) is 17.2 Å². The fourth-order valence-corrected chi connectivity index (χ4v) is 1.91. The molecule has 1 nitrogen and oxygen atoms in total. The highest BCUT2D eigenvalue weighted by molar-refractivity contribution is 6.31. The van der Waals surface area contributed by atoms with Crippen molar-refractivity contribution in [3.8, 4) is 0 Å². The predicted molar refractivity (Wildman–Crippen MR) is 61.8 cm³/mol. The molecule has 0 radical (unpaired) electrons. The van der Waals surface area contributed by atoms with E-state index in [9.17, 15) is 22.7 Å². The Kier molecular flexibility index (Phi) is 3.78. The van der Waals surface area contributed by atoms with Gasteiger partial charge in [-0.3, -0.25) is 0 Å². The molecule has 0 heterocycles. The first-order valence-corrected chi connectivity index (χ1v) is 5.55. The van der Waals surface area contributed by atoms with Crippen molar-refractivity contribution in [2.45, 2.75) is 6.10 Å². The van der Waals surface area contributed by atoms with Gasteiger partial charge in [-0.1, -0.05) is 11.6 Å². The molecule has 0 bridgehead atoms. The summed E-state index contributed by atoms with van der Waals surface area (Å²) in [5, 5.41) is 9.69. The molecule has 6 heteroatoms. The molecular weight excluding hydrogens is 284 g/mol. The lowest BCUT2D eigenvalue weighted by molar-refractivity contribution is 0.218. The lowest BCUT2D eigenvalue weighted by atomic mass is 10.0. The van der Waals surface area contributed by atoms with Gasteiger partial charge in [0.15, 0.2) is 11.6 Å². The first kappa shape index (κ1) is 13.8. The number of hydrogen-bond acceptors (Lipinski definition) is 1. The third-order valence-electron chi connectivity index (χ3n) is 2.53. The third-order valence-corrected chi connectivity index (χ3v) is 2.86. The number of benzene rings is 2. The molecule has 100 valence electrons. The highest BCUT2D eigenvalue weighted by Gasteiger charge is 2.18. The van der Waals surface area contributed by atoms with Crippen molar-refractivity contribution >= 4 is 11.6 Å². The van der Waals surface area contributed by atoms with E-state index < -0.39 is 29.4 Å². The summed E-state index contributed by atoms with van der Waals surface area (Å²) in [6, 6.07) is 3.76. The lowest BCUT2D eigenvalue weighted by Crippen LogP contribution is -2.03. The Bertz CT molecular complexity index is 610. The molecule has 0 saturated heterocycles. The van der Waals surface area contributed by atoms with Gasteiger partial charge in [0, 0.05) is 16.7 Å². The second kappa shape index (κ2) is 5.19. The number of hydrogen-bond donors (Lipinski definition) is 1. The zero-order valence-electron chi connectivity index (χ0n) is 9.30. The second-order valence-corrected chi connectivity index (χ2v) is 4.30. The van der Waals surface area contributed by atoms with Crippen LogP contribution in [0, 0.1) is 23.3 Å². The van der Waals surface area contributed by atoms with Crippen LogP contribution in [0.3, 0.4) is 0 Å². The van der Waals surface area contributed by atoms with Gasteiger partial charge in [-0.05, 0) is 29.8 Å². The normalized spacial score (nSPS) is 12.5. The molecule has 2 rings (SSSR count). The minimum Gasteiger partial charge on any atom is -0.384 e.